The molecule has 0 bridgehead atoms. The Bertz CT molecular complexity index is 769. The number of hydrogen-bond donors (Lipinski definition) is 2. The maximum Gasteiger partial charge on any atom is 0.230 e. The first-order valence-corrected chi connectivity index (χ1v) is 9.49. The number of aromatic amines is 1. The molecular formula is C15H15N3OS3. The second-order valence-corrected chi connectivity index (χ2v) is 8.58. The summed E-state index contributed by atoms with van der Waals surface area (Å²) in [5, 5.41) is 9.98. The van der Waals surface area contributed by atoms with Crippen LogP contribution in [0.4, 0.5) is 0 Å². The Labute approximate surface area is 141 Å². The molecule has 1 aromatic heterocycles. The van der Waals surface area contributed by atoms with Crippen LogP contribution in [0.1, 0.15) is 23.5 Å². The van der Waals surface area contributed by atoms with E-state index in [0.717, 1.165) is 10.8 Å². The zero-order valence-electron chi connectivity index (χ0n) is 11.7. The fraction of sp³-hybridized carbons (Fsp3) is 0.400. The molecule has 1 aromatic carbocycles. The molecule has 1 fully saturated rings. The first-order valence-electron chi connectivity index (χ1n) is 7.28. The molecular weight excluding hydrogens is 334 g/mol. The van der Waals surface area contributed by atoms with Crippen LogP contribution in [0.5, 0.6) is 0 Å². The van der Waals surface area contributed by atoms with Crippen LogP contribution in [0, 0.1) is 9.87 Å². The van der Waals surface area contributed by atoms with Crippen LogP contribution in [0.25, 0.3) is 0 Å². The summed E-state index contributed by atoms with van der Waals surface area (Å²) in [6, 6.07) is 8.94. The van der Waals surface area contributed by atoms with Crippen molar-refractivity contribution in [3.63, 3.8) is 0 Å². The van der Waals surface area contributed by atoms with Gasteiger partial charge in [0.25, 0.3) is 0 Å². The Morgan fingerprint density at radius 3 is 3.18 bits per heavy atom. The summed E-state index contributed by atoms with van der Waals surface area (Å²) in [7, 11) is 0. The van der Waals surface area contributed by atoms with Crippen molar-refractivity contribution in [1.29, 1.82) is 0 Å². The van der Waals surface area contributed by atoms with Gasteiger partial charge in [0.1, 0.15) is 0 Å². The van der Waals surface area contributed by atoms with Crippen molar-refractivity contribution in [1.82, 2.24) is 15.5 Å². The third-order valence-electron chi connectivity index (χ3n) is 4.40. The molecule has 4 rings (SSSR count). The van der Waals surface area contributed by atoms with Crippen molar-refractivity contribution in [2.75, 3.05) is 5.75 Å². The van der Waals surface area contributed by atoms with E-state index in [0.29, 0.717) is 27.6 Å². The summed E-state index contributed by atoms with van der Waals surface area (Å²) < 4.78 is 1.46. The number of nitrogens with zero attached hydrogens (tertiary/aromatic N) is 1. The van der Waals surface area contributed by atoms with Crippen LogP contribution >= 0.6 is 35.3 Å². The van der Waals surface area contributed by atoms with Gasteiger partial charge in [-0.1, -0.05) is 47.4 Å². The Morgan fingerprint density at radius 1 is 1.50 bits per heavy atom. The summed E-state index contributed by atoms with van der Waals surface area (Å²) in [5.41, 5.74) is 2.88. The van der Waals surface area contributed by atoms with E-state index in [4.69, 9.17) is 12.2 Å². The van der Waals surface area contributed by atoms with E-state index in [1.807, 2.05) is 0 Å². The normalized spacial score (nSPS) is 25.2. The van der Waals surface area contributed by atoms with E-state index in [2.05, 4.69) is 39.8 Å². The largest absolute Gasteiger partial charge is 0.352 e. The van der Waals surface area contributed by atoms with E-state index in [1.165, 1.54) is 40.6 Å². The van der Waals surface area contributed by atoms with Crippen molar-refractivity contribution in [3.8, 4) is 0 Å². The van der Waals surface area contributed by atoms with E-state index in [1.54, 1.807) is 0 Å². The molecule has 7 heteroatoms. The zero-order valence-corrected chi connectivity index (χ0v) is 14.2. The number of amides is 1. The average Bonchev–Trinajstić information content (AvgIpc) is 3.06. The van der Waals surface area contributed by atoms with Crippen LogP contribution < -0.4 is 5.32 Å². The lowest BCUT2D eigenvalue weighted by atomic mass is 9.92. The Morgan fingerprint density at radius 2 is 2.36 bits per heavy atom. The second kappa shape index (κ2) is 5.79. The third kappa shape index (κ3) is 2.73. The molecule has 4 nitrogen and oxygen atoms in total. The number of benzene rings is 1. The zero-order chi connectivity index (χ0) is 15.1. The van der Waals surface area contributed by atoms with Crippen LogP contribution in [-0.4, -0.2) is 27.9 Å². The highest BCUT2D eigenvalue weighted by atomic mass is 32.2. The first-order chi connectivity index (χ1) is 10.7. The van der Waals surface area contributed by atoms with Crippen molar-refractivity contribution in [3.05, 3.63) is 39.3 Å². The van der Waals surface area contributed by atoms with Gasteiger partial charge in [-0.3, -0.25) is 9.89 Å². The average molecular weight is 350 g/mol. The number of rotatable bonds is 4. The first kappa shape index (κ1) is 14.4. The minimum atomic E-state index is 0.0861. The van der Waals surface area contributed by atoms with Gasteiger partial charge in [0.15, 0.2) is 8.29 Å². The van der Waals surface area contributed by atoms with Crippen molar-refractivity contribution in [2.24, 2.45) is 5.92 Å². The van der Waals surface area contributed by atoms with Crippen molar-refractivity contribution in [2.45, 2.75) is 29.1 Å². The predicted molar refractivity (Wildman–Crippen MR) is 90.9 cm³/mol. The number of fused-ring (bicyclic) bond motifs is 3. The number of hydrogen-bond acceptors (Lipinski definition) is 5. The maximum atomic E-state index is 12.1. The molecule has 2 aromatic rings. The minimum Gasteiger partial charge on any atom is -0.352 e. The third-order valence-corrected chi connectivity index (χ3v) is 6.63. The monoisotopic (exact) mass is 349 g/mol. The molecule has 22 heavy (non-hydrogen) atoms. The number of H-pyrrole nitrogens is 1. The number of carbonyl (C=O) groups excluding carboxylic acids is 1. The van der Waals surface area contributed by atoms with Gasteiger partial charge < -0.3 is 5.32 Å². The van der Waals surface area contributed by atoms with Crippen molar-refractivity contribution >= 4 is 41.2 Å². The molecule has 3 unspecified atom stereocenters. The fourth-order valence-corrected chi connectivity index (χ4v) is 5.29. The smallest absolute Gasteiger partial charge is 0.230 e. The van der Waals surface area contributed by atoms with E-state index >= 15 is 0 Å². The standard InChI is InChI=1S/C15H15N3OS3/c19-11(7-21-15-18-17-14(20)22-15)16-13-10-6-5-8-3-1-2-4-9(8)12(10)13/h1-4,10,12-13H,5-7H2,(H,16,19)(H,17,20). The van der Waals surface area contributed by atoms with E-state index in [-0.39, 0.29) is 5.91 Å². The number of aromatic nitrogens is 2. The van der Waals surface area contributed by atoms with Gasteiger partial charge in [-0.15, -0.1) is 0 Å². The molecule has 1 heterocycles. The molecule has 2 aliphatic carbocycles. The molecule has 2 N–H and O–H groups in total. The number of nitrogens with one attached hydrogen (secondary N) is 2. The topological polar surface area (TPSA) is 57.8 Å². The quantitative estimate of drug-likeness (QED) is 0.658. The summed E-state index contributed by atoms with van der Waals surface area (Å²) in [6.07, 6.45) is 2.32. The molecule has 1 saturated carbocycles. The van der Waals surface area contributed by atoms with Crippen LogP contribution in [0.2, 0.25) is 0 Å². The van der Waals surface area contributed by atoms with Crippen molar-refractivity contribution < 1.29 is 4.79 Å². The lowest BCUT2D eigenvalue weighted by Crippen LogP contribution is -2.29. The molecule has 2 aliphatic rings. The van der Waals surface area contributed by atoms with Gasteiger partial charge in [-0.25, -0.2) is 0 Å². The second-order valence-electron chi connectivity index (χ2n) is 5.69. The highest BCUT2D eigenvalue weighted by molar-refractivity contribution is 8.01. The predicted octanol–water partition coefficient (Wildman–Crippen LogP) is 3.14. The van der Waals surface area contributed by atoms with Gasteiger partial charge in [0.05, 0.1) is 5.75 Å². The lowest BCUT2D eigenvalue weighted by molar-refractivity contribution is -0.118. The number of thioether (sulfide) groups is 1. The molecule has 0 radical (unpaired) electrons. The SMILES string of the molecule is O=C(CSc1n[nH]c(=S)s1)NC1C2CCc3ccccc3C21. The lowest BCUT2D eigenvalue weighted by Gasteiger charge is -2.13. The maximum absolute atomic E-state index is 12.1. The highest BCUT2D eigenvalue weighted by Gasteiger charge is 2.53. The van der Waals surface area contributed by atoms with Gasteiger partial charge in [0.2, 0.25) is 5.91 Å². The van der Waals surface area contributed by atoms with Crippen LogP contribution in [-0.2, 0) is 11.2 Å². The molecule has 3 atom stereocenters. The molecule has 1 amide bonds. The molecule has 0 aliphatic heterocycles. The van der Waals surface area contributed by atoms with Crippen LogP contribution in [0.15, 0.2) is 28.6 Å². The molecule has 0 saturated heterocycles. The Balaban J connectivity index is 1.35. The fourth-order valence-electron chi connectivity index (χ4n) is 3.40. The van der Waals surface area contributed by atoms with E-state index in [9.17, 15) is 4.79 Å². The van der Waals surface area contributed by atoms with Gasteiger partial charge in [0, 0.05) is 12.0 Å². The summed E-state index contributed by atoms with van der Waals surface area (Å²) in [4.78, 5) is 12.1. The summed E-state index contributed by atoms with van der Waals surface area (Å²) in [6.45, 7) is 0. The van der Waals surface area contributed by atoms with Gasteiger partial charge in [-0.2, -0.15) is 5.10 Å². The number of aryl methyl sites for hydroxylation is 1. The Kier molecular flexibility index (Phi) is 3.79. The number of carbonyl (C=O) groups is 1. The molecule has 114 valence electrons. The van der Waals surface area contributed by atoms with Crippen LogP contribution in [0.3, 0.4) is 0 Å². The van der Waals surface area contributed by atoms with Gasteiger partial charge >= 0.3 is 0 Å². The summed E-state index contributed by atoms with van der Waals surface area (Å²) >= 11 is 7.83. The van der Waals surface area contributed by atoms with Gasteiger partial charge in [-0.05, 0) is 42.1 Å². The molecule has 0 spiro atoms. The minimum absolute atomic E-state index is 0.0861. The highest BCUT2D eigenvalue weighted by Crippen LogP contribution is 2.54. The Hall–Kier alpha value is -1.18. The summed E-state index contributed by atoms with van der Waals surface area (Å²) in [5.74, 6) is 1.62. The van der Waals surface area contributed by atoms with E-state index < -0.39 is 0 Å².